The highest BCUT2D eigenvalue weighted by Crippen LogP contribution is 2.36. The Bertz CT molecular complexity index is 512. The number of allylic oxidation sites excluding steroid dienone is 5. The largest absolute Gasteiger partial charge is 0.462 e. The molecule has 0 aromatic heterocycles. The molecule has 0 amide bonds. The Kier molecular flexibility index (Phi) is 9.76. The minimum atomic E-state index is -0.184. The third-order valence-corrected chi connectivity index (χ3v) is 5.29. The predicted octanol–water partition coefficient (Wildman–Crippen LogP) is 6.05. The molecule has 0 heterocycles. The lowest BCUT2D eigenvalue weighted by molar-refractivity contribution is -0.139. The molecule has 0 atom stereocenters. The van der Waals surface area contributed by atoms with E-state index in [4.69, 9.17) is 9.47 Å². The Morgan fingerprint density at radius 2 is 1.62 bits per heavy atom. The molecule has 0 aromatic carbocycles. The topological polar surface area (TPSA) is 35.5 Å². The van der Waals surface area contributed by atoms with Gasteiger partial charge in [-0.05, 0) is 74.5 Å². The highest BCUT2D eigenvalue weighted by atomic mass is 16.5. The van der Waals surface area contributed by atoms with E-state index in [0.29, 0.717) is 13.2 Å². The first kappa shape index (κ1) is 21.0. The van der Waals surface area contributed by atoms with Gasteiger partial charge in [0.25, 0.3) is 0 Å². The lowest BCUT2D eigenvalue weighted by Gasteiger charge is -2.24. The molecule has 146 valence electrons. The van der Waals surface area contributed by atoms with Gasteiger partial charge in [-0.15, -0.1) is 0 Å². The number of ether oxygens (including phenoxy) is 2. The zero-order valence-corrected chi connectivity index (χ0v) is 16.8. The van der Waals surface area contributed by atoms with E-state index in [1.807, 2.05) is 0 Å². The minimum absolute atomic E-state index is 0.184. The molecule has 0 aromatic rings. The van der Waals surface area contributed by atoms with Gasteiger partial charge in [-0.25, -0.2) is 4.79 Å². The number of hydrogen-bond donors (Lipinski definition) is 0. The monoisotopic (exact) mass is 360 g/mol. The number of methoxy groups -OCH3 is 1. The molecule has 0 N–H and O–H groups in total. The van der Waals surface area contributed by atoms with Gasteiger partial charge in [-0.2, -0.15) is 0 Å². The van der Waals surface area contributed by atoms with Crippen LogP contribution in [0.15, 0.2) is 34.4 Å². The van der Waals surface area contributed by atoms with Crippen molar-refractivity contribution in [3.05, 3.63) is 34.4 Å². The van der Waals surface area contributed by atoms with E-state index in [2.05, 4.69) is 19.1 Å². The van der Waals surface area contributed by atoms with Crippen molar-refractivity contribution in [2.75, 3.05) is 20.3 Å². The van der Waals surface area contributed by atoms with E-state index in [1.54, 1.807) is 7.11 Å². The number of rotatable bonds is 10. The molecule has 0 fully saturated rings. The molecule has 0 aliphatic heterocycles. The summed E-state index contributed by atoms with van der Waals surface area (Å²) in [5.74, 6) is -0.184. The summed E-state index contributed by atoms with van der Waals surface area (Å²) in [6, 6.07) is 0. The molecule has 2 rings (SSSR count). The van der Waals surface area contributed by atoms with Crippen LogP contribution in [0.5, 0.6) is 0 Å². The highest BCUT2D eigenvalue weighted by Gasteiger charge is 2.24. The molecule has 0 radical (unpaired) electrons. The molecular formula is C23H36O3. The highest BCUT2D eigenvalue weighted by molar-refractivity contribution is 5.92. The Balaban J connectivity index is 2.23. The first-order valence-electron chi connectivity index (χ1n) is 10.6. The summed E-state index contributed by atoms with van der Waals surface area (Å²) in [6.45, 7) is 3.03. The van der Waals surface area contributed by atoms with Crippen LogP contribution >= 0.6 is 0 Å². The molecular weight excluding hydrogens is 324 g/mol. The quantitative estimate of drug-likeness (QED) is 0.270. The SMILES string of the molecule is CCCCCCOC(=O)C(COC)=C(C1=CCCCC1)C1=CCCCC1. The summed E-state index contributed by atoms with van der Waals surface area (Å²) in [6.07, 6.45) is 18.4. The van der Waals surface area contributed by atoms with E-state index in [9.17, 15) is 4.79 Å². The van der Waals surface area contributed by atoms with Gasteiger partial charge in [0.15, 0.2) is 0 Å². The van der Waals surface area contributed by atoms with Crippen molar-refractivity contribution in [2.45, 2.75) is 84.0 Å². The molecule has 3 nitrogen and oxygen atoms in total. The summed E-state index contributed by atoms with van der Waals surface area (Å²) in [5, 5.41) is 0. The fourth-order valence-electron chi connectivity index (χ4n) is 3.88. The fourth-order valence-corrected chi connectivity index (χ4v) is 3.88. The molecule has 0 bridgehead atoms. The van der Waals surface area contributed by atoms with Gasteiger partial charge in [0.1, 0.15) is 0 Å². The maximum Gasteiger partial charge on any atom is 0.337 e. The molecule has 0 saturated carbocycles. The van der Waals surface area contributed by atoms with E-state index in [-0.39, 0.29) is 5.97 Å². The fraction of sp³-hybridized carbons (Fsp3) is 0.696. The predicted molar refractivity (Wildman–Crippen MR) is 107 cm³/mol. The van der Waals surface area contributed by atoms with E-state index >= 15 is 0 Å². The molecule has 0 spiro atoms. The second-order valence-electron chi connectivity index (χ2n) is 7.43. The average Bonchev–Trinajstić information content (AvgIpc) is 2.69. The Labute approximate surface area is 159 Å². The number of carbonyl (C=O) groups excluding carboxylic acids is 1. The summed E-state index contributed by atoms with van der Waals surface area (Å²) < 4.78 is 11.1. The number of esters is 1. The van der Waals surface area contributed by atoms with Gasteiger partial charge in [-0.3, -0.25) is 0 Å². The van der Waals surface area contributed by atoms with Crippen LogP contribution in [0.3, 0.4) is 0 Å². The van der Waals surface area contributed by atoms with Crippen molar-refractivity contribution in [3.8, 4) is 0 Å². The van der Waals surface area contributed by atoms with Crippen molar-refractivity contribution >= 4 is 5.97 Å². The third kappa shape index (κ3) is 6.42. The minimum Gasteiger partial charge on any atom is -0.462 e. The lowest BCUT2D eigenvalue weighted by atomic mass is 9.82. The molecule has 0 saturated heterocycles. The molecule has 2 aliphatic rings. The Morgan fingerprint density at radius 3 is 2.12 bits per heavy atom. The standard InChI is InChI=1S/C23H36O3/c1-3-4-5-12-17-26-23(24)21(18-25-2)22(19-13-8-6-9-14-19)20-15-10-7-11-16-20/h13,15H,3-12,14,16-18H2,1-2H3. The summed E-state index contributed by atoms with van der Waals surface area (Å²) in [5.41, 5.74) is 4.54. The van der Waals surface area contributed by atoms with Gasteiger partial charge < -0.3 is 9.47 Å². The van der Waals surface area contributed by atoms with E-state index < -0.39 is 0 Å². The van der Waals surface area contributed by atoms with Crippen molar-refractivity contribution in [3.63, 3.8) is 0 Å². The van der Waals surface area contributed by atoms with Gasteiger partial charge in [0, 0.05) is 7.11 Å². The zero-order chi connectivity index (χ0) is 18.6. The number of hydrogen-bond acceptors (Lipinski definition) is 3. The van der Waals surface area contributed by atoms with Gasteiger partial charge in [0.05, 0.1) is 18.8 Å². The number of unbranched alkanes of at least 4 members (excludes halogenated alkanes) is 3. The molecule has 0 unspecified atom stereocenters. The second kappa shape index (κ2) is 12.1. The molecule has 3 heteroatoms. The summed E-state index contributed by atoms with van der Waals surface area (Å²) >= 11 is 0. The van der Waals surface area contributed by atoms with Crippen LogP contribution in [-0.2, 0) is 14.3 Å². The number of carbonyl (C=O) groups is 1. The van der Waals surface area contributed by atoms with Crippen LogP contribution < -0.4 is 0 Å². The Hall–Kier alpha value is -1.35. The maximum atomic E-state index is 12.9. The van der Waals surface area contributed by atoms with Gasteiger partial charge in [-0.1, -0.05) is 38.3 Å². The first-order valence-corrected chi connectivity index (χ1v) is 10.6. The van der Waals surface area contributed by atoms with Crippen LogP contribution in [0, 0.1) is 0 Å². The van der Waals surface area contributed by atoms with E-state index in [1.165, 1.54) is 49.7 Å². The normalized spacial score (nSPS) is 17.3. The van der Waals surface area contributed by atoms with Crippen LogP contribution in [-0.4, -0.2) is 26.3 Å². The van der Waals surface area contributed by atoms with Gasteiger partial charge >= 0.3 is 5.97 Å². The second-order valence-corrected chi connectivity index (χ2v) is 7.43. The zero-order valence-electron chi connectivity index (χ0n) is 16.8. The lowest BCUT2D eigenvalue weighted by Crippen LogP contribution is -2.18. The van der Waals surface area contributed by atoms with Crippen LogP contribution in [0.25, 0.3) is 0 Å². The first-order chi connectivity index (χ1) is 12.8. The van der Waals surface area contributed by atoms with Crippen molar-refractivity contribution in [2.24, 2.45) is 0 Å². The van der Waals surface area contributed by atoms with Crippen LogP contribution in [0.4, 0.5) is 0 Å². The summed E-state index contributed by atoms with van der Waals surface area (Å²) in [4.78, 5) is 12.9. The summed E-state index contributed by atoms with van der Waals surface area (Å²) in [7, 11) is 1.66. The van der Waals surface area contributed by atoms with Crippen molar-refractivity contribution in [1.29, 1.82) is 0 Å². The smallest absolute Gasteiger partial charge is 0.337 e. The molecule has 2 aliphatic carbocycles. The van der Waals surface area contributed by atoms with E-state index in [0.717, 1.165) is 49.7 Å². The van der Waals surface area contributed by atoms with Crippen molar-refractivity contribution in [1.82, 2.24) is 0 Å². The van der Waals surface area contributed by atoms with Crippen LogP contribution in [0.1, 0.15) is 84.0 Å². The average molecular weight is 361 g/mol. The molecule has 26 heavy (non-hydrogen) atoms. The van der Waals surface area contributed by atoms with Crippen molar-refractivity contribution < 1.29 is 14.3 Å². The Morgan fingerprint density at radius 1 is 0.962 bits per heavy atom. The van der Waals surface area contributed by atoms with Gasteiger partial charge in [0.2, 0.25) is 0 Å². The maximum absolute atomic E-state index is 12.9. The van der Waals surface area contributed by atoms with Crippen LogP contribution in [0.2, 0.25) is 0 Å². The third-order valence-electron chi connectivity index (χ3n) is 5.29.